The number of aromatic nitrogens is 3. The molecular weight excluding hydrogens is 897 g/mol. The summed E-state index contributed by atoms with van der Waals surface area (Å²) in [4.78, 5) is 75.4. The van der Waals surface area contributed by atoms with E-state index in [1.807, 2.05) is 0 Å². The second kappa shape index (κ2) is 21.4. The minimum Gasteiger partial charge on any atom is -0.458 e. The van der Waals surface area contributed by atoms with Crippen molar-refractivity contribution < 1.29 is 47.7 Å². The number of rotatable bonds is 16. The summed E-state index contributed by atoms with van der Waals surface area (Å²) in [5.74, 6) is -4.91. The van der Waals surface area contributed by atoms with Crippen molar-refractivity contribution in [3.8, 4) is 5.69 Å². The largest absolute Gasteiger partial charge is 0.458 e. The highest BCUT2D eigenvalue weighted by atomic mass is 35.5. The van der Waals surface area contributed by atoms with Crippen LogP contribution in [0.25, 0.3) is 5.69 Å². The highest BCUT2D eigenvalue weighted by Crippen LogP contribution is 2.37. The number of nitrogens with zero attached hydrogens (tertiary/aromatic N) is 3. The van der Waals surface area contributed by atoms with Crippen LogP contribution in [0.5, 0.6) is 0 Å². The van der Waals surface area contributed by atoms with Crippen LogP contribution in [0.4, 0.5) is 0 Å². The van der Waals surface area contributed by atoms with E-state index >= 15 is 0 Å². The van der Waals surface area contributed by atoms with Crippen LogP contribution in [-0.2, 0) is 23.7 Å². The van der Waals surface area contributed by atoms with Gasteiger partial charge in [-0.2, -0.15) is 5.10 Å². The van der Waals surface area contributed by atoms with Crippen molar-refractivity contribution in [2.45, 2.75) is 31.3 Å². The molecule has 13 nitrogen and oxygen atoms in total. The predicted molar refractivity (Wildman–Crippen MR) is 239 cm³/mol. The summed E-state index contributed by atoms with van der Waals surface area (Å²) in [6.45, 7) is 0.734. The first kappa shape index (κ1) is 45.7. The summed E-state index contributed by atoms with van der Waals surface area (Å²) in [6.07, 6.45) is -7.73. The fraction of sp³-hybridized carbons (Fsp3) is 0.122. The normalized spacial score (nSPS) is 12.7. The average molecular weight is 933 g/mol. The van der Waals surface area contributed by atoms with Crippen molar-refractivity contribution in [3.63, 3.8) is 0 Å². The first-order valence-electron chi connectivity index (χ1n) is 19.8. The van der Waals surface area contributed by atoms with Gasteiger partial charge in [-0.25, -0.2) is 33.6 Å². The molecule has 7 aromatic rings. The predicted octanol–water partition coefficient (Wildman–Crippen LogP) is 9.97. The van der Waals surface area contributed by atoms with E-state index in [-0.39, 0.29) is 60.2 Å². The Morgan fingerprint density at radius 2 is 0.877 bits per heavy atom. The third-order valence-electron chi connectivity index (χ3n) is 9.58. The Balaban J connectivity index is 1.47. The lowest BCUT2D eigenvalue weighted by Crippen LogP contribution is -2.51. The quantitative estimate of drug-likeness (QED) is 0.0667. The Hall–Kier alpha value is -7.32. The third kappa shape index (κ3) is 11.4. The molecule has 0 saturated carbocycles. The van der Waals surface area contributed by atoms with E-state index < -0.39 is 60.9 Å². The minimum atomic E-state index is -2.01. The Bertz CT molecular complexity index is 2760. The van der Waals surface area contributed by atoms with Crippen molar-refractivity contribution in [1.82, 2.24) is 14.8 Å². The van der Waals surface area contributed by atoms with Crippen molar-refractivity contribution in [2.24, 2.45) is 0 Å². The second-order valence-corrected chi connectivity index (χ2v) is 15.3. The van der Waals surface area contributed by atoms with Gasteiger partial charge in [0.05, 0.1) is 37.9 Å². The molecule has 16 heteroatoms. The molecule has 1 aromatic heterocycles. The van der Waals surface area contributed by atoms with Crippen LogP contribution in [0.2, 0.25) is 15.1 Å². The Morgan fingerprint density at radius 1 is 0.508 bits per heavy atom. The van der Waals surface area contributed by atoms with Gasteiger partial charge in [0.1, 0.15) is 18.1 Å². The summed E-state index contributed by atoms with van der Waals surface area (Å²) in [5.41, 5.74) is 0.333. The molecule has 0 amide bonds. The zero-order valence-electron chi connectivity index (χ0n) is 34.2. The van der Waals surface area contributed by atoms with E-state index in [0.29, 0.717) is 0 Å². The topological polar surface area (TPSA) is 162 Å². The molecule has 7 rings (SSSR count). The fourth-order valence-corrected chi connectivity index (χ4v) is 7.50. The minimum absolute atomic E-state index is 0.00540. The van der Waals surface area contributed by atoms with E-state index in [0.717, 1.165) is 0 Å². The van der Waals surface area contributed by atoms with Crippen LogP contribution in [0.3, 0.4) is 0 Å². The Labute approximate surface area is 387 Å². The number of carbonyl (C=O) groups excluding carboxylic acids is 5. The second-order valence-electron chi connectivity index (χ2n) is 14.1. The van der Waals surface area contributed by atoms with Crippen molar-refractivity contribution >= 4 is 64.6 Å². The molecular formula is C49H36Cl3N3O10. The molecule has 0 aliphatic heterocycles. The summed E-state index contributed by atoms with van der Waals surface area (Å²) >= 11 is 19.8. The molecule has 0 spiro atoms. The Morgan fingerprint density at radius 3 is 1.31 bits per heavy atom. The monoisotopic (exact) mass is 931 g/mol. The molecule has 4 atom stereocenters. The highest BCUT2D eigenvalue weighted by Gasteiger charge is 2.48. The number of hydrogen-bond donors (Lipinski definition) is 0. The smallest absolute Gasteiger partial charge is 0.338 e. The van der Waals surface area contributed by atoms with Gasteiger partial charge in [0.2, 0.25) is 6.10 Å². The van der Waals surface area contributed by atoms with Gasteiger partial charge in [0, 0.05) is 5.02 Å². The van der Waals surface area contributed by atoms with Gasteiger partial charge >= 0.3 is 29.8 Å². The molecule has 1 heterocycles. The van der Waals surface area contributed by atoms with E-state index in [1.165, 1.54) is 84.4 Å². The SMILES string of the molecule is Cc1nc([C@@H](OC(=O)c2ccccc2)[C@@H](OC(=O)c2ccccc2)[C@H](OC(=O)c2ccccc2)[C@@H](COC(=O)c2ccccc2)OC(=O)c2ccccc2)n(-c2c(Cl)cc(Cl)cc2Cl)n1. The van der Waals surface area contributed by atoms with Gasteiger partial charge in [-0.3, -0.25) is 0 Å². The van der Waals surface area contributed by atoms with Gasteiger partial charge in [0.15, 0.2) is 24.1 Å². The van der Waals surface area contributed by atoms with Crippen molar-refractivity contribution in [2.75, 3.05) is 6.61 Å². The number of aryl methyl sites for hydroxylation is 1. The number of carbonyl (C=O) groups is 5. The van der Waals surface area contributed by atoms with E-state index in [9.17, 15) is 24.0 Å². The van der Waals surface area contributed by atoms with E-state index in [2.05, 4.69) is 10.1 Å². The molecule has 0 N–H and O–H groups in total. The zero-order chi connectivity index (χ0) is 45.9. The molecule has 0 fully saturated rings. The van der Waals surface area contributed by atoms with Crippen molar-refractivity contribution in [1.29, 1.82) is 0 Å². The van der Waals surface area contributed by atoms with Crippen LogP contribution < -0.4 is 0 Å². The maximum Gasteiger partial charge on any atom is 0.338 e. The molecule has 0 radical (unpaired) electrons. The first-order chi connectivity index (χ1) is 31.5. The molecule has 328 valence electrons. The van der Waals surface area contributed by atoms with Gasteiger partial charge in [-0.15, -0.1) is 0 Å². The van der Waals surface area contributed by atoms with Gasteiger partial charge in [-0.05, 0) is 79.7 Å². The number of halogens is 3. The van der Waals surface area contributed by atoms with Crippen LogP contribution in [0.15, 0.2) is 164 Å². The van der Waals surface area contributed by atoms with E-state index in [1.54, 1.807) is 91.0 Å². The van der Waals surface area contributed by atoms with Crippen LogP contribution in [0, 0.1) is 6.92 Å². The molecule has 65 heavy (non-hydrogen) atoms. The standard InChI is InChI=1S/C49H36Cl3N3O10/c1-30-53-44(55(54-30)40-37(51)27-36(50)28-38(40)52)43(65-49(60)35-25-15-6-16-26-35)42(64-48(59)34-23-13-5-14-24-34)41(63-47(58)33-21-11-4-12-22-33)39(62-46(57)32-19-9-3-10-20-32)29-61-45(56)31-17-7-2-8-18-31/h2-28,39,41-43H,29H2,1H3/t39-,41-,42+,43+/m1/s1. The lowest BCUT2D eigenvalue weighted by molar-refractivity contribution is -0.134. The number of ether oxygens (including phenoxy) is 5. The summed E-state index contributed by atoms with van der Waals surface area (Å²) in [6, 6.07) is 42.0. The van der Waals surface area contributed by atoms with Gasteiger partial charge < -0.3 is 23.7 Å². The average Bonchev–Trinajstić information content (AvgIpc) is 3.71. The molecule has 0 aliphatic rings. The summed E-state index contributed by atoms with van der Waals surface area (Å²) < 4.78 is 32.0. The van der Waals surface area contributed by atoms with Crippen molar-refractivity contribution in [3.05, 3.63) is 218 Å². The third-order valence-corrected chi connectivity index (χ3v) is 10.4. The lowest BCUT2D eigenvalue weighted by atomic mass is 10.00. The number of esters is 5. The van der Waals surface area contributed by atoms with Crippen LogP contribution in [0.1, 0.15) is 69.5 Å². The van der Waals surface area contributed by atoms with Gasteiger partial charge in [0.25, 0.3) is 0 Å². The lowest BCUT2D eigenvalue weighted by Gasteiger charge is -2.35. The van der Waals surface area contributed by atoms with Crippen LogP contribution in [-0.4, -0.2) is 69.5 Å². The van der Waals surface area contributed by atoms with E-state index in [4.69, 9.17) is 58.5 Å². The number of hydrogen-bond acceptors (Lipinski definition) is 12. The molecule has 0 aliphatic carbocycles. The maximum atomic E-state index is 14.4. The molecule has 0 bridgehead atoms. The Kier molecular flexibility index (Phi) is 15.0. The first-order valence-corrected chi connectivity index (χ1v) is 20.9. The van der Waals surface area contributed by atoms with Crippen LogP contribution >= 0.6 is 34.8 Å². The summed E-state index contributed by atoms with van der Waals surface area (Å²) in [7, 11) is 0. The fourth-order valence-electron chi connectivity index (χ4n) is 6.52. The highest BCUT2D eigenvalue weighted by molar-refractivity contribution is 6.40. The molecule has 0 saturated heterocycles. The number of benzene rings is 6. The molecule has 6 aromatic carbocycles. The zero-order valence-corrected chi connectivity index (χ0v) is 36.4. The maximum absolute atomic E-state index is 14.4. The van der Waals surface area contributed by atoms with Gasteiger partial charge in [-0.1, -0.05) is 126 Å². The molecule has 0 unspecified atom stereocenters. The summed E-state index contributed by atoms with van der Waals surface area (Å²) in [5, 5.41) is 4.72.